The fourth-order valence-electron chi connectivity index (χ4n) is 4.13. The molecule has 0 saturated carbocycles. The van der Waals surface area contributed by atoms with Gasteiger partial charge in [-0.15, -0.1) is 0 Å². The summed E-state index contributed by atoms with van der Waals surface area (Å²) in [6, 6.07) is 9.83. The molecule has 36 heavy (non-hydrogen) atoms. The van der Waals surface area contributed by atoms with Gasteiger partial charge in [0.25, 0.3) is 5.56 Å². The Morgan fingerprint density at radius 3 is 2.39 bits per heavy atom. The van der Waals surface area contributed by atoms with Crippen LogP contribution in [0.15, 0.2) is 57.5 Å². The third-order valence-electron chi connectivity index (χ3n) is 5.72. The lowest BCUT2D eigenvalue weighted by molar-refractivity contribution is -0.139. The summed E-state index contributed by atoms with van der Waals surface area (Å²) in [7, 11) is 4.57. The normalized spacial score (nSPS) is 15.3. The van der Waals surface area contributed by atoms with Crippen molar-refractivity contribution in [3.63, 3.8) is 0 Å². The molecule has 188 valence electrons. The van der Waals surface area contributed by atoms with Crippen molar-refractivity contribution in [2.24, 2.45) is 4.99 Å². The van der Waals surface area contributed by atoms with Crippen LogP contribution in [0.3, 0.4) is 0 Å². The summed E-state index contributed by atoms with van der Waals surface area (Å²) in [4.78, 5) is 31.8. The highest BCUT2D eigenvalue weighted by Crippen LogP contribution is 2.40. The molecule has 10 heteroatoms. The molecule has 0 spiro atoms. The van der Waals surface area contributed by atoms with Gasteiger partial charge in [-0.25, -0.2) is 9.79 Å². The minimum atomic E-state index is -0.716. The van der Waals surface area contributed by atoms with Gasteiger partial charge in [0.1, 0.15) is 0 Å². The van der Waals surface area contributed by atoms with Crippen molar-refractivity contribution in [2.75, 3.05) is 27.9 Å². The number of methoxy groups -OCH3 is 3. The number of fused-ring (bicyclic) bond motifs is 1. The first-order valence-electron chi connectivity index (χ1n) is 11.1. The van der Waals surface area contributed by atoms with Crippen molar-refractivity contribution in [1.82, 2.24) is 4.57 Å². The van der Waals surface area contributed by atoms with Crippen LogP contribution in [0.25, 0.3) is 6.08 Å². The number of aromatic nitrogens is 1. The number of allylic oxidation sites excluding steroid dienone is 1. The molecule has 4 rings (SSSR count). The van der Waals surface area contributed by atoms with Crippen LogP contribution in [-0.2, 0) is 9.53 Å². The molecule has 0 radical (unpaired) electrons. The zero-order chi connectivity index (χ0) is 26.0. The number of nitrogens with zero attached hydrogens (tertiary/aromatic N) is 2. The van der Waals surface area contributed by atoms with E-state index in [0.29, 0.717) is 54.0 Å². The van der Waals surface area contributed by atoms with E-state index in [-0.39, 0.29) is 12.2 Å². The Bertz CT molecular complexity index is 1520. The maximum Gasteiger partial charge on any atom is 0.338 e. The van der Waals surface area contributed by atoms with Crippen LogP contribution in [-0.4, -0.2) is 38.5 Å². The average Bonchev–Trinajstić information content (AvgIpc) is 3.17. The first kappa shape index (κ1) is 25.5. The zero-order valence-electron chi connectivity index (χ0n) is 20.5. The smallest absolute Gasteiger partial charge is 0.338 e. The molecular weight excluding hydrogens is 504 g/mol. The number of ether oxygens (including phenoxy) is 4. The highest BCUT2D eigenvalue weighted by atomic mass is 35.5. The van der Waals surface area contributed by atoms with Crippen molar-refractivity contribution < 1.29 is 23.7 Å². The largest absolute Gasteiger partial charge is 0.493 e. The third-order valence-corrected chi connectivity index (χ3v) is 6.96. The molecule has 1 unspecified atom stereocenters. The van der Waals surface area contributed by atoms with E-state index in [1.165, 1.54) is 37.2 Å². The van der Waals surface area contributed by atoms with Crippen LogP contribution in [0.1, 0.15) is 31.0 Å². The maximum atomic E-state index is 13.8. The third kappa shape index (κ3) is 4.52. The fraction of sp³-hybridized carbons (Fsp3) is 0.269. The van der Waals surface area contributed by atoms with Gasteiger partial charge in [-0.1, -0.05) is 35.1 Å². The van der Waals surface area contributed by atoms with Gasteiger partial charge in [-0.3, -0.25) is 9.36 Å². The molecule has 0 aliphatic carbocycles. The Morgan fingerprint density at radius 1 is 1.08 bits per heavy atom. The topological polar surface area (TPSA) is 88.4 Å². The Kier molecular flexibility index (Phi) is 7.51. The van der Waals surface area contributed by atoms with Crippen LogP contribution in [0.5, 0.6) is 17.2 Å². The van der Waals surface area contributed by atoms with Crippen LogP contribution in [0.2, 0.25) is 5.02 Å². The van der Waals surface area contributed by atoms with Gasteiger partial charge in [0.2, 0.25) is 5.75 Å². The molecule has 0 N–H and O–H groups in total. The predicted molar refractivity (Wildman–Crippen MR) is 138 cm³/mol. The molecule has 8 nitrogen and oxygen atoms in total. The van der Waals surface area contributed by atoms with E-state index in [9.17, 15) is 9.59 Å². The molecule has 1 aliphatic rings. The highest BCUT2D eigenvalue weighted by molar-refractivity contribution is 7.07. The van der Waals surface area contributed by atoms with Crippen LogP contribution < -0.4 is 29.1 Å². The number of carbonyl (C=O) groups excluding carboxylic acids is 1. The van der Waals surface area contributed by atoms with E-state index in [4.69, 9.17) is 30.5 Å². The molecule has 2 aromatic carbocycles. The van der Waals surface area contributed by atoms with Crippen LogP contribution >= 0.6 is 22.9 Å². The maximum absolute atomic E-state index is 13.8. The molecule has 1 aliphatic heterocycles. The van der Waals surface area contributed by atoms with E-state index in [0.717, 1.165) is 0 Å². The summed E-state index contributed by atoms with van der Waals surface area (Å²) < 4.78 is 23.7. The summed E-state index contributed by atoms with van der Waals surface area (Å²) in [6.45, 7) is 3.67. The summed E-state index contributed by atoms with van der Waals surface area (Å²) >= 11 is 7.32. The molecule has 1 aromatic heterocycles. The number of esters is 1. The van der Waals surface area contributed by atoms with Crippen molar-refractivity contribution in [3.05, 3.63) is 83.5 Å². The number of benzene rings is 2. The first-order chi connectivity index (χ1) is 17.3. The quantitative estimate of drug-likeness (QED) is 0.436. The van der Waals surface area contributed by atoms with Crippen molar-refractivity contribution in [2.45, 2.75) is 19.9 Å². The van der Waals surface area contributed by atoms with E-state index in [2.05, 4.69) is 4.99 Å². The van der Waals surface area contributed by atoms with Crippen molar-refractivity contribution in [1.29, 1.82) is 0 Å². The van der Waals surface area contributed by atoms with E-state index in [1.54, 1.807) is 56.3 Å². The molecule has 0 bridgehead atoms. The van der Waals surface area contributed by atoms with E-state index >= 15 is 0 Å². The van der Waals surface area contributed by atoms with Gasteiger partial charge in [0, 0.05) is 10.6 Å². The Labute approximate surface area is 216 Å². The van der Waals surface area contributed by atoms with Crippen molar-refractivity contribution in [3.8, 4) is 17.2 Å². The number of hydrogen-bond donors (Lipinski definition) is 0. The second-order valence-corrected chi connectivity index (χ2v) is 9.22. The summed E-state index contributed by atoms with van der Waals surface area (Å²) in [5.74, 6) is 0.835. The molecule has 0 fully saturated rings. The summed E-state index contributed by atoms with van der Waals surface area (Å²) in [6.07, 6.45) is 1.72. The molecule has 2 heterocycles. The van der Waals surface area contributed by atoms with Gasteiger partial charge < -0.3 is 18.9 Å². The number of thiazole rings is 1. The van der Waals surface area contributed by atoms with Crippen molar-refractivity contribution >= 4 is 35.0 Å². The highest BCUT2D eigenvalue weighted by Gasteiger charge is 2.33. The number of halogens is 1. The Morgan fingerprint density at radius 2 is 1.78 bits per heavy atom. The Hall–Kier alpha value is -3.56. The van der Waals surface area contributed by atoms with Crippen LogP contribution in [0, 0.1) is 0 Å². The number of carbonyl (C=O) groups is 1. The fourth-order valence-corrected chi connectivity index (χ4v) is 5.29. The standard InChI is InChI=1S/C26H25ClN2O6S/c1-6-35-25(31)20-14(2)28-26-29(21(20)15-7-10-17(27)11-8-15)24(30)19(36-26)13-16-9-12-18(32-3)23(34-5)22(16)33-4/h7-13,21H,6H2,1-5H3/b19-13+. The van der Waals surface area contributed by atoms with Gasteiger partial charge in [-0.2, -0.15) is 0 Å². The van der Waals surface area contributed by atoms with Gasteiger partial charge in [-0.05, 0) is 49.8 Å². The van der Waals surface area contributed by atoms with Crippen LogP contribution in [0.4, 0.5) is 0 Å². The average molecular weight is 529 g/mol. The first-order valence-corrected chi connectivity index (χ1v) is 12.3. The van der Waals surface area contributed by atoms with Gasteiger partial charge >= 0.3 is 5.97 Å². The molecule has 0 amide bonds. The Balaban J connectivity index is 1.97. The monoisotopic (exact) mass is 528 g/mol. The second kappa shape index (κ2) is 10.6. The lowest BCUT2D eigenvalue weighted by atomic mass is 9.96. The lowest BCUT2D eigenvalue weighted by Gasteiger charge is -2.24. The molecule has 1 atom stereocenters. The minimum Gasteiger partial charge on any atom is -0.493 e. The molecular formula is C26H25ClN2O6S. The molecule has 3 aromatic rings. The second-order valence-electron chi connectivity index (χ2n) is 7.78. The van der Waals surface area contributed by atoms with Gasteiger partial charge in [0.05, 0.1) is 49.8 Å². The number of hydrogen-bond acceptors (Lipinski definition) is 8. The zero-order valence-corrected chi connectivity index (χ0v) is 22.0. The van der Waals surface area contributed by atoms with E-state index in [1.807, 2.05) is 0 Å². The van der Waals surface area contributed by atoms with Gasteiger partial charge in [0.15, 0.2) is 16.3 Å². The van der Waals surface area contributed by atoms with E-state index < -0.39 is 12.0 Å². The summed E-state index contributed by atoms with van der Waals surface area (Å²) in [5.41, 5.74) is 1.84. The molecule has 0 saturated heterocycles. The minimum absolute atomic E-state index is 0.201. The lowest BCUT2D eigenvalue weighted by Crippen LogP contribution is -2.39. The predicted octanol–water partition coefficient (Wildman–Crippen LogP) is 3.48. The summed E-state index contributed by atoms with van der Waals surface area (Å²) in [5, 5.41) is 0.546. The SMILES string of the molecule is CCOC(=O)C1=C(C)N=c2s/c(=C/c3ccc(OC)c(OC)c3OC)c(=O)n2C1c1ccc(Cl)cc1. The number of rotatable bonds is 7.